The van der Waals surface area contributed by atoms with Crippen molar-refractivity contribution in [3.63, 3.8) is 0 Å². The summed E-state index contributed by atoms with van der Waals surface area (Å²) in [6.45, 7) is 0.141. The topological polar surface area (TPSA) is 69.6 Å². The Balaban J connectivity index is 1.39. The molecule has 134 valence electrons. The molecule has 1 aromatic rings. The first-order valence-corrected chi connectivity index (χ1v) is 9.11. The van der Waals surface area contributed by atoms with Gasteiger partial charge in [0.2, 0.25) is 5.91 Å². The van der Waals surface area contributed by atoms with E-state index in [1.807, 2.05) is 11.0 Å². The second-order valence-electron chi connectivity index (χ2n) is 7.47. The van der Waals surface area contributed by atoms with Crippen molar-refractivity contribution >= 4 is 11.9 Å². The highest BCUT2D eigenvalue weighted by Crippen LogP contribution is 2.40. The first-order chi connectivity index (χ1) is 12.0. The fourth-order valence-electron chi connectivity index (χ4n) is 3.91. The average Bonchev–Trinajstić information content (AvgIpc) is 3.50. The van der Waals surface area contributed by atoms with Gasteiger partial charge in [-0.25, -0.2) is 4.39 Å². The molecule has 3 aliphatic rings. The van der Waals surface area contributed by atoms with Crippen molar-refractivity contribution in [2.24, 2.45) is 0 Å². The van der Waals surface area contributed by atoms with Crippen LogP contribution in [-0.2, 0) is 16.1 Å². The molecule has 6 heteroatoms. The van der Waals surface area contributed by atoms with Crippen LogP contribution in [-0.4, -0.2) is 40.0 Å². The Morgan fingerprint density at radius 2 is 1.84 bits per heavy atom. The molecule has 2 aliphatic carbocycles. The Hall–Kier alpha value is -1.95. The molecule has 2 saturated carbocycles. The largest absolute Gasteiger partial charge is 0.480 e. The van der Waals surface area contributed by atoms with Crippen LogP contribution in [0.25, 0.3) is 0 Å². The van der Waals surface area contributed by atoms with Gasteiger partial charge in [0.15, 0.2) is 0 Å². The number of rotatable bonds is 6. The lowest BCUT2D eigenvalue weighted by Gasteiger charge is -2.27. The molecule has 2 atom stereocenters. The lowest BCUT2D eigenvalue weighted by molar-refractivity contribution is -0.143. The molecule has 0 bridgehead atoms. The fraction of sp³-hybridized carbons (Fsp3) is 0.579. The summed E-state index contributed by atoms with van der Waals surface area (Å²) in [5.41, 5.74) is 1.51. The van der Waals surface area contributed by atoms with Crippen molar-refractivity contribution in [1.29, 1.82) is 0 Å². The molecular weight excluding hydrogens is 323 g/mol. The van der Waals surface area contributed by atoms with Crippen molar-refractivity contribution in [2.75, 3.05) is 0 Å². The maximum atomic E-state index is 14.2. The van der Waals surface area contributed by atoms with Crippen LogP contribution in [0, 0.1) is 5.82 Å². The number of aliphatic carboxylic acids is 1. The molecular formula is C19H23FN2O3. The second-order valence-corrected chi connectivity index (χ2v) is 7.47. The van der Waals surface area contributed by atoms with Gasteiger partial charge < -0.3 is 10.4 Å². The molecule has 2 unspecified atom stereocenters. The lowest BCUT2D eigenvalue weighted by Crippen LogP contribution is -2.49. The van der Waals surface area contributed by atoms with E-state index in [4.69, 9.17) is 0 Å². The van der Waals surface area contributed by atoms with Gasteiger partial charge in [-0.3, -0.25) is 14.5 Å². The zero-order valence-electron chi connectivity index (χ0n) is 14.1. The van der Waals surface area contributed by atoms with Gasteiger partial charge in [0.25, 0.3) is 0 Å². The number of likely N-dealkylation sites (tertiary alicyclic amines) is 1. The number of carbonyl (C=O) groups excluding carboxylic acids is 1. The molecule has 0 spiro atoms. The quantitative estimate of drug-likeness (QED) is 0.830. The van der Waals surface area contributed by atoms with E-state index in [-0.39, 0.29) is 24.3 Å². The fourth-order valence-corrected chi connectivity index (χ4v) is 3.91. The highest BCUT2D eigenvalue weighted by atomic mass is 19.1. The van der Waals surface area contributed by atoms with Gasteiger partial charge in [-0.2, -0.15) is 0 Å². The molecule has 0 aromatic heterocycles. The van der Waals surface area contributed by atoms with E-state index in [9.17, 15) is 19.1 Å². The number of halogens is 1. The second kappa shape index (κ2) is 6.41. The summed E-state index contributed by atoms with van der Waals surface area (Å²) in [6, 6.07) is 4.48. The normalized spacial score (nSPS) is 26.6. The van der Waals surface area contributed by atoms with E-state index in [2.05, 4.69) is 5.32 Å². The van der Waals surface area contributed by atoms with Crippen molar-refractivity contribution in [3.8, 4) is 0 Å². The van der Waals surface area contributed by atoms with Gasteiger partial charge in [0.1, 0.15) is 11.9 Å². The molecule has 1 saturated heterocycles. The van der Waals surface area contributed by atoms with E-state index in [1.165, 1.54) is 0 Å². The molecule has 1 aromatic carbocycles. The predicted molar refractivity (Wildman–Crippen MR) is 89.5 cm³/mol. The Labute approximate surface area is 146 Å². The van der Waals surface area contributed by atoms with Gasteiger partial charge >= 0.3 is 5.97 Å². The van der Waals surface area contributed by atoms with Crippen molar-refractivity contribution in [1.82, 2.24) is 10.2 Å². The van der Waals surface area contributed by atoms with E-state index in [1.54, 1.807) is 12.1 Å². The minimum absolute atomic E-state index is 0.141. The SMILES string of the molecule is O=C(O)C1CCC(C(=O)NCc2ccc(C3CC3)cc2F)N1C1CC1. The molecule has 0 radical (unpaired) electrons. The zero-order chi connectivity index (χ0) is 17.6. The maximum absolute atomic E-state index is 14.2. The van der Waals surface area contributed by atoms with Crippen molar-refractivity contribution in [3.05, 3.63) is 35.1 Å². The number of hydrogen-bond acceptors (Lipinski definition) is 3. The number of carboxylic acids is 1. The summed E-state index contributed by atoms with van der Waals surface area (Å²) in [7, 11) is 0. The number of nitrogens with zero attached hydrogens (tertiary/aromatic N) is 1. The summed E-state index contributed by atoms with van der Waals surface area (Å²) >= 11 is 0. The van der Waals surface area contributed by atoms with Crippen LogP contribution in [0.1, 0.15) is 55.6 Å². The minimum atomic E-state index is -0.857. The standard InChI is InChI=1S/C19H23FN2O3/c20-15-9-12(11-1-2-11)3-4-13(15)10-21-18(23)16-7-8-17(19(24)25)22(16)14-5-6-14/h3-4,9,11,14,16-17H,1-2,5-8,10H2,(H,21,23)(H,24,25). The number of carbonyl (C=O) groups is 2. The number of hydrogen-bond donors (Lipinski definition) is 2. The predicted octanol–water partition coefficient (Wildman–Crippen LogP) is 2.40. The van der Waals surface area contributed by atoms with Gasteiger partial charge in [-0.05, 0) is 56.1 Å². The molecule has 25 heavy (non-hydrogen) atoms. The minimum Gasteiger partial charge on any atom is -0.480 e. The maximum Gasteiger partial charge on any atom is 0.320 e. The molecule has 1 heterocycles. The molecule has 1 aliphatic heterocycles. The molecule has 4 rings (SSSR count). The third kappa shape index (κ3) is 3.40. The number of carboxylic acid groups (broad SMARTS) is 1. The number of amides is 1. The number of nitrogens with one attached hydrogen (secondary N) is 1. The van der Waals surface area contributed by atoms with E-state index < -0.39 is 18.1 Å². The molecule has 3 fully saturated rings. The van der Waals surface area contributed by atoms with Gasteiger partial charge in [0.05, 0.1) is 6.04 Å². The van der Waals surface area contributed by atoms with Gasteiger partial charge in [0, 0.05) is 18.2 Å². The smallest absolute Gasteiger partial charge is 0.320 e. The van der Waals surface area contributed by atoms with Gasteiger partial charge in [-0.1, -0.05) is 12.1 Å². The number of benzene rings is 1. The average molecular weight is 346 g/mol. The summed E-state index contributed by atoms with van der Waals surface area (Å²) in [6.07, 6.45) is 5.18. The highest BCUT2D eigenvalue weighted by Gasteiger charge is 2.48. The monoisotopic (exact) mass is 346 g/mol. The lowest BCUT2D eigenvalue weighted by atomic mass is 10.1. The molecule has 1 amide bonds. The Morgan fingerprint density at radius 3 is 2.44 bits per heavy atom. The van der Waals surface area contributed by atoms with Crippen LogP contribution in [0.3, 0.4) is 0 Å². The third-order valence-corrected chi connectivity index (χ3v) is 5.57. The first kappa shape index (κ1) is 16.5. The summed E-state index contributed by atoms with van der Waals surface area (Å²) in [5.74, 6) is -0.833. The molecule has 5 nitrogen and oxygen atoms in total. The summed E-state index contributed by atoms with van der Waals surface area (Å²) in [4.78, 5) is 25.8. The third-order valence-electron chi connectivity index (χ3n) is 5.57. The highest BCUT2D eigenvalue weighted by molar-refractivity contribution is 5.84. The Kier molecular flexibility index (Phi) is 4.23. The van der Waals surface area contributed by atoms with Crippen LogP contribution < -0.4 is 5.32 Å². The van der Waals surface area contributed by atoms with Crippen LogP contribution in [0.2, 0.25) is 0 Å². The van der Waals surface area contributed by atoms with E-state index >= 15 is 0 Å². The Morgan fingerprint density at radius 1 is 1.12 bits per heavy atom. The van der Waals surface area contributed by atoms with Crippen LogP contribution in [0.4, 0.5) is 4.39 Å². The summed E-state index contributed by atoms with van der Waals surface area (Å²) in [5, 5.41) is 12.2. The van der Waals surface area contributed by atoms with Crippen molar-refractivity contribution < 1.29 is 19.1 Å². The molecule has 2 N–H and O–H groups in total. The van der Waals surface area contributed by atoms with Crippen LogP contribution in [0.5, 0.6) is 0 Å². The van der Waals surface area contributed by atoms with Crippen LogP contribution >= 0.6 is 0 Å². The van der Waals surface area contributed by atoms with Crippen molar-refractivity contribution in [2.45, 2.75) is 69.1 Å². The zero-order valence-corrected chi connectivity index (χ0v) is 14.1. The van der Waals surface area contributed by atoms with Gasteiger partial charge in [-0.15, -0.1) is 0 Å². The van der Waals surface area contributed by atoms with E-state index in [0.717, 1.165) is 31.2 Å². The Bertz CT molecular complexity index is 700. The van der Waals surface area contributed by atoms with Crippen LogP contribution in [0.15, 0.2) is 18.2 Å². The first-order valence-electron chi connectivity index (χ1n) is 9.11. The van der Waals surface area contributed by atoms with E-state index in [0.29, 0.717) is 24.3 Å². The summed E-state index contributed by atoms with van der Waals surface area (Å²) < 4.78 is 14.2.